The number of thiophene rings is 1. The minimum atomic E-state index is -0.188. The van der Waals surface area contributed by atoms with Gasteiger partial charge in [-0.25, -0.2) is 4.98 Å². The van der Waals surface area contributed by atoms with Crippen LogP contribution in [0.15, 0.2) is 9.95 Å². The van der Waals surface area contributed by atoms with Gasteiger partial charge in [-0.2, -0.15) is 4.68 Å². The van der Waals surface area contributed by atoms with E-state index in [2.05, 4.69) is 10.4 Å². The van der Waals surface area contributed by atoms with Gasteiger partial charge in [-0.05, 0) is 19.4 Å². The Morgan fingerprint density at radius 3 is 2.88 bits per heavy atom. The predicted octanol–water partition coefficient (Wildman–Crippen LogP) is 1.25. The van der Waals surface area contributed by atoms with Crippen LogP contribution in [0.1, 0.15) is 10.4 Å². The zero-order valence-corrected chi connectivity index (χ0v) is 10.9. The summed E-state index contributed by atoms with van der Waals surface area (Å²) < 4.78 is 1.25. The molecule has 1 aliphatic rings. The first-order valence-corrected chi connectivity index (χ1v) is 6.83. The molecular formula is C10H9N3O2S2. The molecule has 2 aromatic rings. The normalized spacial score (nSPS) is 14.8. The molecule has 1 N–H and O–H groups in total. The summed E-state index contributed by atoms with van der Waals surface area (Å²) >= 11 is 2.80. The highest BCUT2D eigenvalue weighted by atomic mass is 32.2. The Labute approximate surface area is 105 Å². The number of carbonyl (C=O) groups is 1. The number of fused-ring (bicyclic) bond motifs is 2. The first-order valence-electron chi connectivity index (χ1n) is 5.03. The first kappa shape index (κ1) is 10.8. The number of aromatic nitrogens is 2. The van der Waals surface area contributed by atoms with Gasteiger partial charge in [-0.15, -0.1) is 11.3 Å². The zero-order chi connectivity index (χ0) is 12.2. The Morgan fingerprint density at radius 1 is 1.35 bits per heavy atom. The van der Waals surface area contributed by atoms with E-state index in [0.29, 0.717) is 16.3 Å². The van der Waals surface area contributed by atoms with Gasteiger partial charge in [-0.3, -0.25) is 15.0 Å². The number of amides is 1. The van der Waals surface area contributed by atoms with Crippen molar-refractivity contribution in [2.45, 2.75) is 19.0 Å². The molecule has 3 rings (SSSR count). The van der Waals surface area contributed by atoms with Crippen molar-refractivity contribution in [3.05, 3.63) is 20.8 Å². The molecule has 0 spiro atoms. The van der Waals surface area contributed by atoms with Crippen LogP contribution in [0.2, 0.25) is 0 Å². The lowest BCUT2D eigenvalue weighted by Gasteiger charge is -2.16. The molecular weight excluding hydrogens is 258 g/mol. The summed E-state index contributed by atoms with van der Waals surface area (Å²) in [4.78, 5) is 29.8. The molecule has 0 fully saturated rings. The maximum absolute atomic E-state index is 12.3. The molecule has 0 aliphatic carbocycles. The largest absolute Gasteiger partial charge is 0.282 e. The number of nitrogens with one attached hydrogen (secondary N) is 1. The van der Waals surface area contributed by atoms with Crippen LogP contribution in [-0.2, 0) is 4.79 Å². The van der Waals surface area contributed by atoms with Crippen molar-refractivity contribution in [2.24, 2.45) is 0 Å². The van der Waals surface area contributed by atoms with Crippen molar-refractivity contribution in [3.8, 4) is 0 Å². The molecule has 0 radical (unpaired) electrons. The molecule has 3 heterocycles. The lowest BCUT2D eigenvalue weighted by molar-refractivity contribution is -0.115. The lowest BCUT2D eigenvalue weighted by atomic mass is 10.2. The Bertz CT molecular complexity index is 702. The molecule has 88 valence electrons. The third-order valence-corrected chi connectivity index (χ3v) is 4.78. The second-order valence-electron chi connectivity index (χ2n) is 3.82. The molecule has 17 heavy (non-hydrogen) atoms. The van der Waals surface area contributed by atoms with Gasteiger partial charge in [0, 0.05) is 4.88 Å². The van der Waals surface area contributed by atoms with Crippen LogP contribution in [0, 0.1) is 13.8 Å². The Morgan fingerprint density at radius 2 is 2.12 bits per heavy atom. The van der Waals surface area contributed by atoms with Crippen molar-refractivity contribution >= 4 is 39.2 Å². The van der Waals surface area contributed by atoms with Crippen LogP contribution in [0.4, 0.5) is 0 Å². The molecule has 0 bridgehead atoms. The highest BCUT2D eigenvalue weighted by molar-refractivity contribution is 7.99. The number of thioether (sulfide) groups is 1. The molecule has 1 aliphatic heterocycles. The summed E-state index contributed by atoms with van der Waals surface area (Å²) in [6.45, 7) is 3.87. The quantitative estimate of drug-likeness (QED) is 0.730. The zero-order valence-electron chi connectivity index (χ0n) is 9.23. The smallest absolute Gasteiger partial charge is 0.272 e. The van der Waals surface area contributed by atoms with E-state index in [0.717, 1.165) is 15.3 Å². The van der Waals surface area contributed by atoms with Gasteiger partial charge < -0.3 is 0 Å². The van der Waals surface area contributed by atoms with Crippen molar-refractivity contribution in [1.29, 1.82) is 0 Å². The number of hydrogen-bond donors (Lipinski definition) is 1. The Balaban J connectivity index is 2.41. The van der Waals surface area contributed by atoms with Gasteiger partial charge in [0.2, 0.25) is 5.91 Å². The van der Waals surface area contributed by atoms with E-state index in [9.17, 15) is 9.59 Å². The van der Waals surface area contributed by atoms with Crippen LogP contribution in [0.3, 0.4) is 0 Å². The minimum Gasteiger partial charge on any atom is -0.272 e. The lowest BCUT2D eigenvalue weighted by Crippen LogP contribution is -2.39. The van der Waals surface area contributed by atoms with Crippen LogP contribution in [0.25, 0.3) is 10.2 Å². The molecule has 0 aromatic carbocycles. The van der Waals surface area contributed by atoms with Crippen LogP contribution in [-0.4, -0.2) is 21.3 Å². The topological polar surface area (TPSA) is 64.0 Å². The fourth-order valence-corrected chi connectivity index (χ4v) is 3.57. The summed E-state index contributed by atoms with van der Waals surface area (Å²) in [5.74, 6) is 0.136. The monoisotopic (exact) mass is 267 g/mol. The summed E-state index contributed by atoms with van der Waals surface area (Å²) in [6.07, 6.45) is 0. The van der Waals surface area contributed by atoms with E-state index >= 15 is 0 Å². The van der Waals surface area contributed by atoms with Gasteiger partial charge in [0.25, 0.3) is 5.56 Å². The summed E-state index contributed by atoms with van der Waals surface area (Å²) in [5, 5.41) is 1.17. The van der Waals surface area contributed by atoms with E-state index in [-0.39, 0.29) is 11.5 Å². The highest BCUT2D eigenvalue weighted by Crippen LogP contribution is 2.28. The molecule has 0 saturated heterocycles. The number of rotatable bonds is 0. The first-order chi connectivity index (χ1) is 8.08. The van der Waals surface area contributed by atoms with E-state index in [1.807, 2.05) is 13.8 Å². The Kier molecular flexibility index (Phi) is 2.27. The van der Waals surface area contributed by atoms with Crippen LogP contribution >= 0.6 is 23.1 Å². The van der Waals surface area contributed by atoms with Gasteiger partial charge in [0.05, 0.1) is 11.1 Å². The second-order valence-corrected chi connectivity index (χ2v) is 5.97. The molecule has 7 heteroatoms. The molecule has 0 saturated carbocycles. The van der Waals surface area contributed by atoms with E-state index in [1.54, 1.807) is 0 Å². The van der Waals surface area contributed by atoms with Crippen molar-refractivity contribution in [2.75, 3.05) is 11.2 Å². The number of carbonyl (C=O) groups excluding carboxylic acids is 1. The Hall–Kier alpha value is -1.34. The second kappa shape index (κ2) is 3.58. The van der Waals surface area contributed by atoms with Gasteiger partial charge in [-0.1, -0.05) is 11.8 Å². The number of hydrogen-bond acceptors (Lipinski definition) is 5. The van der Waals surface area contributed by atoms with Gasteiger partial charge in [0.15, 0.2) is 5.16 Å². The predicted molar refractivity (Wildman–Crippen MR) is 68.4 cm³/mol. The fourth-order valence-electron chi connectivity index (χ4n) is 1.76. The summed E-state index contributed by atoms with van der Waals surface area (Å²) in [7, 11) is 0. The van der Waals surface area contributed by atoms with E-state index in [1.165, 1.54) is 27.8 Å². The fraction of sp³-hybridized carbons (Fsp3) is 0.300. The SMILES string of the molecule is Cc1sc2nc3n(c(=O)c2c1C)NC(=O)CS3. The standard InChI is InChI=1S/C10H9N3O2S2/c1-4-5(2)17-8-7(4)9(15)13-10(11-8)16-3-6(14)12-13/h3H2,1-2H3,(H,12,14). The molecule has 5 nitrogen and oxygen atoms in total. The average Bonchev–Trinajstić information content (AvgIpc) is 2.57. The van der Waals surface area contributed by atoms with Crippen molar-refractivity contribution in [3.63, 3.8) is 0 Å². The van der Waals surface area contributed by atoms with Crippen LogP contribution in [0.5, 0.6) is 0 Å². The molecule has 0 atom stereocenters. The molecule has 0 unspecified atom stereocenters. The van der Waals surface area contributed by atoms with Gasteiger partial charge >= 0.3 is 0 Å². The maximum atomic E-state index is 12.3. The maximum Gasteiger partial charge on any atom is 0.282 e. The minimum absolute atomic E-state index is 0.171. The summed E-state index contributed by atoms with van der Waals surface area (Å²) in [5.41, 5.74) is 3.30. The average molecular weight is 267 g/mol. The molecule has 1 amide bonds. The number of aryl methyl sites for hydroxylation is 2. The van der Waals surface area contributed by atoms with Gasteiger partial charge in [0.1, 0.15) is 4.83 Å². The van der Waals surface area contributed by atoms with Crippen LogP contribution < -0.4 is 11.0 Å². The summed E-state index contributed by atoms with van der Waals surface area (Å²) in [6, 6.07) is 0. The molecule has 2 aromatic heterocycles. The highest BCUT2D eigenvalue weighted by Gasteiger charge is 2.21. The number of nitrogens with zero attached hydrogens (tertiary/aromatic N) is 2. The van der Waals surface area contributed by atoms with E-state index in [4.69, 9.17) is 0 Å². The van der Waals surface area contributed by atoms with E-state index < -0.39 is 0 Å². The third-order valence-electron chi connectivity index (χ3n) is 2.74. The van der Waals surface area contributed by atoms with Crippen molar-refractivity contribution < 1.29 is 4.79 Å². The van der Waals surface area contributed by atoms with Crippen molar-refractivity contribution in [1.82, 2.24) is 9.66 Å². The third kappa shape index (κ3) is 1.49.